The van der Waals surface area contributed by atoms with E-state index in [-0.39, 0.29) is 17.3 Å². The van der Waals surface area contributed by atoms with Gasteiger partial charge in [-0.1, -0.05) is 37.3 Å². The summed E-state index contributed by atoms with van der Waals surface area (Å²) in [7, 11) is 1.71. The fourth-order valence-corrected chi connectivity index (χ4v) is 4.97. The van der Waals surface area contributed by atoms with Crippen molar-refractivity contribution in [2.45, 2.75) is 38.1 Å². The summed E-state index contributed by atoms with van der Waals surface area (Å²) in [4.78, 5) is 20.5. The average Bonchev–Trinajstić information content (AvgIpc) is 3.24. The van der Waals surface area contributed by atoms with Gasteiger partial charge in [-0.3, -0.25) is 4.79 Å². The van der Waals surface area contributed by atoms with Gasteiger partial charge in [0, 0.05) is 50.4 Å². The molecule has 5 nitrogen and oxygen atoms in total. The number of aromatic amines is 1. The number of methoxy groups -OCH3 is 1. The zero-order valence-corrected chi connectivity index (χ0v) is 18.9. The maximum atomic E-state index is 14.0. The Morgan fingerprint density at radius 3 is 2.59 bits per heavy atom. The molecule has 1 aliphatic rings. The quantitative estimate of drug-likeness (QED) is 0.552. The molecule has 0 spiro atoms. The van der Waals surface area contributed by atoms with Crippen LogP contribution in [0.15, 0.2) is 54.7 Å². The predicted octanol–water partition coefficient (Wildman–Crippen LogP) is 4.77. The highest BCUT2D eigenvalue weighted by Gasteiger charge is 2.42. The number of nitrogens with one attached hydrogen (secondary N) is 1. The molecule has 1 saturated heterocycles. The highest BCUT2D eigenvalue weighted by molar-refractivity contribution is 5.94. The van der Waals surface area contributed by atoms with E-state index in [1.165, 1.54) is 6.07 Å². The molecular weight excluding hydrogens is 405 g/mol. The number of amides is 1. The number of fused-ring (bicyclic) bond motifs is 1. The van der Waals surface area contributed by atoms with Gasteiger partial charge in [0.05, 0.1) is 17.7 Å². The molecule has 2 aromatic carbocycles. The number of halogens is 1. The molecule has 1 amide bonds. The monoisotopic (exact) mass is 437 g/mol. The van der Waals surface area contributed by atoms with Gasteiger partial charge >= 0.3 is 0 Å². The van der Waals surface area contributed by atoms with Gasteiger partial charge in [-0.25, -0.2) is 4.39 Å². The van der Waals surface area contributed by atoms with Gasteiger partial charge in [0.25, 0.3) is 0 Å². The molecule has 2 heterocycles. The lowest BCUT2D eigenvalue weighted by Crippen LogP contribution is -2.60. The number of hydrogen-bond donors (Lipinski definition) is 1. The standard InChI is InChI=1S/C26H32FN3O2/c1-3-24(31)30(21-8-5-4-6-9-21)26(19-32-2)13-16-29(17-14-26)15-12-20-18-28-25-22(20)10-7-11-23(25)27/h4-11,18,28H,3,12-17,19H2,1-2H3. The molecule has 0 bridgehead atoms. The Labute approximate surface area is 189 Å². The normalized spacial score (nSPS) is 16.3. The smallest absolute Gasteiger partial charge is 0.227 e. The summed E-state index contributed by atoms with van der Waals surface area (Å²) in [5.74, 6) is -0.0832. The maximum absolute atomic E-state index is 14.0. The molecule has 1 N–H and O–H groups in total. The van der Waals surface area contributed by atoms with Gasteiger partial charge < -0.3 is 19.5 Å². The van der Waals surface area contributed by atoms with Crippen LogP contribution in [0.3, 0.4) is 0 Å². The molecule has 1 fully saturated rings. The van der Waals surface area contributed by atoms with Crippen molar-refractivity contribution in [3.63, 3.8) is 0 Å². The first-order chi connectivity index (χ1) is 15.6. The third-order valence-electron chi connectivity index (χ3n) is 6.69. The molecule has 4 rings (SSSR count). The SMILES string of the molecule is CCC(=O)N(c1ccccc1)C1(COC)CCN(CCc2c[nH]c3c(F)cccc23)CC1. The van der Waals surface area contributed by atoms with Crippen LogP contribution in [0.5, 0.6) is 0 Å². The number of likely N-dealkylation sites (tertiary alicyclic amines) is 1. The molecule has 6 heteroatoms. The van der Waals surface area contributed by atoms with Crippen LogP contribution in [0.2, 0.25) is 0 Å². The van der Waals surface area contributed by atoms with E-state index in [1.54, 1.807) is 13.2 Å². The van der Waals surface area contributed by atoms with Crippen molar-refractivity contribution in [1.82, 2.24) is 9.88 Å². The van der Waals surface area contributed by atoms with Crippen molar-refractivity contribution in [2.24, 2.45) is 0 Å². The Bertz CT molecular complexity index is 1040. The summed E-state index contributed by atoms with van der Waals surface area (Å²) in [5, 5.41) is 0.958. The van der Waals surface area contributed by atoms with Gasteiger partial charge in [0.2, 0.25) is 5.91 Å². The second-order valence-corrected chi connectivity index (χ2v) is 8.64. The van der Waals surface area contributed by atoms with Crippen LogP contribution in [-0.2, 0) is 16.0 Å². The number of hydrogen-bond acceptors (Lipinski definition) is 3. The zero-order valence-electron chi connectivity index (χ0n) is 18.9. The first kappa shape index (κ1) is 22.5. The molecule has 0 atom stereocenters. The van der Waals surface area contributed by atoms with Crippen LogP contribution in [0, 0.1) is 5.82 Å². The molecule has 3 aromatic rings. The first-order valence-electron chi connectivity index (χ1n) is 11.4. The number of rotatable bonds is 8. The highest BCUT2D eigenvalue weighted by atomic mass is 19.1. The Hall–Kier alpha value is -2.70. The Balaban J connectivity index is 1.47. The van der Waals surface area contributed by atoms with Crippen molar-refractivity contribution in [2.75, 3.05) is 38.3 Å². The lowest BCUT2D eigenvalue weighted by molar-refractivity contribution is -0.120. The van der Waals surface area contributed by atoms with E-state index in [4.69, 9.17) is 4.74 Å². The predicted molar refractivity (Wildman–Crippen MR) is 126 cm³/mol. The summed E-state index contributed by atoms with van der Waals surface area (Å²) in [6.07, 6.45) is 4.94. The van der Waals surface area contributed by atoms with E-state index in [0.717, 1.165) is 55.5 Å². The van der Waals surface area contributed by atoms with E-state index in [0.29, 0.717) is 18.5 Å². The van der Waals surface area contributed by atoms with Crippen LogP contribution in [0.4, 0.5) is 10.1 Å². The van der Waals surface area contributed by atoms with Crippen LogP contribution < -0.4 is 4.90 Å². The minimum absolute atomic E-state index is 0.127. The molecular formula is C26H32FN3O2. The summed E-state index contributed by atoms with van der Waals surface area (Å²) in [6.45, 7) is 5.11. The molecule has 0 saturated carbocycles. The van der Waals surface area contributed by atoms with Crippen LogP contribution in [0.1, 0.15) is 31.7 Å². The fraction of sp³-hybridized carbons (Fsp3) is 0.423. The van der Waals surface area contributed by atoms with E-state index in [1.807, 2.05) is 54.4 Å². The molecule has 0 unspecified atom stereocenters. The van der Waals surface area contributed by atoms with Crippen LogP contribution in [0.25, 0.3) is 10.9 Å². The Kier molecular flexibility index (Phi) is 6.92. The molecule has 1 aromatic heterocycles. The van der Waals surface area contributed by atoms with Crippen LogP contribution >= 0.6 is 0 Å². The van der Waals surface area contributed by atoms with E-state index < -0.39 is 0 Å². The fourth-order valence-electron chi connectivity index (χ4n) is 4.97. The van der Waals surface area contributed by atoms with Crippen LogP contribution in [-0.4, -0.2) is 54.7 Å². The van der Waals surface area contributed by atoms with E-state index in [9.17, 15) is 9.18 Å². The third-order valence-corrected chi connectivity index (χ3v) is 6.69. The third kappa shape index (κ3) is 4.43. The van der Waals surface area contributed by atoms with Crippen molar-refractivity contribution in [1.29, 1.82) is 0 Å². The lowest BCUT2D eigenvalue weighted by Gasteiger charge is -2.48. The number of aromatic nitrogens is 1. The number of piperidine rings is 1. The van der Waals surface area contributed by atoms with Crippen molar-refractivity contribution in [3.8, 4) is 0 Å². The Morgan fingerprint density at radius 2 is 1.91 bits per heavy atom. The zero-order chi connectivity index (χ0) is 22.6. The Morgan fingerprint density at radius 1 is 1.16 bits per heavy atom. The van der Waals surface area contributed by atoms with E-state index >= 15 is 0 Å². The lowest BCUT2D eigenvalue weighted by atomic mass is 9.85. The van der Waals surface area contributed by atoms with Crippen molar-refractivity contribution in [3.05, 3.63) is 66.1 Å². The number of benzene rings is 2. The van der Waals surface area contributed by atoms with Gasteiger partial charge in [-0.2, -0.15) is 0 Å². The second-order valence-electron chi connectivity index (χ2n) is 8.64. The first-order valence-corrected chi connectivity index (χ1v) is 11.4. The number of para-hydroxylation sites is 2. The van der Waals surface area contributed by atoms with Gasteiger partial charge in [-0.15, -0.1) is 0 Å². The number of ether oxygens (including phenoxy) is 1. The van der Waals surface area contributed by atoms with Crippen molar-refractivity contribution < 1.29 is 13.9 Å². The van der Waals surface area contributed by atoms with Gasteiger partial charge in [0.15, 0.2) is 0 Å². The highest BCUT2D eigenvalue weighted by Crippen LogP contribution is 2.34. The second kappa shape index (κ2) is 9.84. The van der Waals surface area contributed by atoms with E-state index in [2.05, 4.69) is 9.88 Å². The maximum Gasteiger partial charge on any atom is 0.227 e. The number of anilines is 1. The number of carbonyl (C=O) groups is 1. The number of nitrogens with zero attached hydrogens (tertiary/aromatic N) is 2. The summed E-state index contributed by atoms with van der Waals surface area (Å²) in [5.41, 5.74) is 2.31. The average molecular weight is 438 g/mol. The molecule has 0 radical (unpaired) electrons. The van der Waals surface area contributed by atoms with Crippen molar-refractivity contribution >= 4 is 22.5 Å². The minimum Gasteiger partial charge on any atom is -0.382 e. The largest absolute Gasteiger partial charge is 0.382 e. The summed E-state index contributed by atoms with van der Waals surface area (Å²) in [6, 6.07) is 15.2. The number of carbonyl (C=O) groups excluding carboxylic acids is 1. The molecule has 170 valence electrons. The summed E-state index contributed by atoms with van der Waals surface area (Å²) < 4.78 is 19.6. The van der Waals surface area contributed by atoms with Gasteiger partial charge in [0.1, 0.15) is 5.82 Å². The molecule has 1 aliphatic heterocycles. The number of H-pyrrole nitrogens is 1. The topological polar surface area (TPSA) is 48.6 Å². The molecule has 32 heavy (non-hydrogen) atoms. The molecule has 0 aliphatic carbocycles. The minimum atomic E-state index is -0.344. The van der Waals surface area contributed by atoms with Gasteiger partial charge in [-0.05, 0) is 43.0 Å². The summed E-state index contributed by atoms with van der Waals surface area (Å²) >= 11 is 0.